The molecule has 0 aliphatic heterocycles. The summed E-state index contributed by atoms with van der Waals surface area (Å²) in [6.45, 7) is 2.01. The van der Waals surface area contributed by atoms with Gasteiger partial charge in [0.1, 0.15) is 4.88 Å². The number of thioether (sulfide) groups is 1. The highest BCUT2D eigenvalue weighted by molar-refractivity contribution is 7.98. The number of nitrogens with two attached hydrogens (primary N) is 1. The van der Waals surface area contributed by atoms with E-state index in [-0.39, 0.29) is 11.9 Å². The molecule has 0 radical (unpaired) electrons. The number of thiophene rings is 1. The Morgan fingerprint density at radius 3 is 3.00 bits per heavy atom. The average Bonchev–Trinajstić information content (AvgIpc) is 2.74. The fourth-order valence-corrected chi connectivity index (χ4v) is 3.68. The molecular weight excluding hydrogens is 312 g/mol. The van der Waals surface area contributed by atoms with Crippen molar-refractivity contribution >= 4 is 56.4 Å². The largest absolute Gasteiger partial charge is 0.397 e. The van der Waals surface area contributed by atoms with E-state index in [4.69, 9.17) is 17.3 Å². The molecule has 2 rings (SSSR count). The van der Waals surface area contributed by atoms with Crippen LogP contribution in [0.5, 0.6) is 0 Å². The van der Waals surface area contributed by atoms with Gasteiger partial charge in [0, 0.05) is 21.2 Å². The van der Waals surface area contributed by atoms with E-state index in [2.05, 4.69) is 11.6 Å². The van der Waals surface area contributed by atoms with Crippen LogP contribution >= 0.6 is 34.7 Å². The fraction of sp³-hybridized carbons (Fsp3) is 0.357. The number of carbonyl (C=O) groups excluding carboxylic acids is 1. The Balaban J connectivity index is 2.20. The number of hydrogen-bond acceptors (Lipinski definition) is 4. The Kier molecular flexibility index (Phi) is 5.18. The third-order valence-electron chi connectivity index (χ3n) is 3.03. The number of anilines is 1. The van der Waals surface area contributed by atoms with Crippen LogP contribution in [0.1, 0.15) is 23.0 Å². The van der Waals surface area contributed by atoms with Crippen LogP contribution in [0.15, 0.2) is 18.2 Å². The Morgan fingerprint density at radius 1 is 1.55 bits per heavy atom. The minimum atomic E-state index is -0.103. The van der Waals surface area contributed by atoms with E-state index < -0.39 is 0 Å². The predicted octanol–water partition coefficient (Wildman–Crippen LogP) is 4.01. The van der Waals surface area contributed by atoms with Crippen LogP contribution in [0.3, 0.4) is 0 Å². The van der Waals surface area contributed by atoms with Crippen molar-refractivity contribution in [2.24, 2.45) is 0 Å². The van der Waals surface area contributed by atoms with Gasteiger partial charge < -0.3 is 11.1 Å². The molecule has 1 amide bonds. The summed E-state index contributed by atoms with van der Waals surface area (Å²) in [7, 11) is 0. The Morgan fingerprint density at radius 2 is 2.30 bits per heavy atom. The molecule has 0 saturated heterocycles. The monoisotopic (exact) mass is 328 g/mol. The molecule has 108 valence electrons. The third-order valence-corrected chi connectivity index (χ3v) is 5.09. The number of halogens is 1. The number of nitrogen functional groups attached to an aromatic ring is 1. The third kappa shape index (κ3) is 3.40. The van der Waals surface area contributed by atoms with Crippen LogP contribution in [0.4, 0.5) is 5.69 Å². The number of benzene rings is 1. The lowest BCUT2D eigenvalue weighted by molar-refractivity contribution is 0.0944. The zero-order chi connectivity index (χ0) is 14.7. The predicted molar refractivity (Wildman–Crippen MR) is 91.2 cm³/mol. The van der Waals surface area contributed by atoms with Gasteiger partial charge in [0.2, 0.25) is 0 Å². The molecule has 6 heteroatoms. The molecule has 0 bridgehead atoms. The molecule has 1 heterocycles. The fourth-order valence-electron chi connectivity index (χ4n) is 1.91. The van der Waals surface area contributed by atoms with Gasteiger partial charge in [-0.15, -0.1) is 11.3 Å². The molecular formula is C14H17ClN2OS2. The van der Waals surface area contributed by atoms with E-state index in [9.17, 15) is 4.79 Å². The lowest BCUT2D eigenvalue weighted by Gasteiger charge is -2.12. The van der Waals surface area contributed by atoms with E-state index in [0.29, 0.717) is 15.6 Å². The number of hydrogen-bond donors (Lipinski definition) is 2. The van der Waals surface area contributed by atoms with Crippen molar-refractivity contribution in [2.75, 3.05) is 17.7 Å². The van der Waals surface area contributed by atoms with Crippen LogP contribution in [-0.2, 0) is 0 Å². The quantitative estimate of drug-likeness (QED) is 0.872. The maximum Gasteiger partial charge on any atom is 0.263 e. The van der Waals surface area contributed by atoms with Crippen LogP contribution < -0.4 is 11.1 Å². The van der Waals surface area contributed by atoms with E-state index >= 15 is 0 Å². The second kappa shape index (κ2) is 6.70. The molecule has 0 fully saturated rings. The first-order valence-corrected chi connectivity index (χ1v) is 8.89. The number of rotatable bonds is 5. The average molecular weight is 329 g/mol. The van der Waals surface area contributed by atoms with Gasteiger partial charge in [-0.2, -0.15) is 11.8 Å². The summed E-state index contributed by atoms with van der Waals surface area (Å²) in [5, 5.41) is 4.47. The van der Waals surface area contributed by atoms with Gasteiger partial charge in [-0.1, -0.05) is 11.6 Å². The van der Waals surface area contributed by atoms with Gasteiger partial charge in [-0.05, 0) is 43.6 Å². The first-order valence-electron chi connectivity index (χ1n) is 6.30. The molecule has 1 atom stereocenters. The van der Waals surface area contributed by atoms with Crippen molar-refractivity contribution in [1.29, 1.82) is 0 Å². The SMILES string of the molecule is CSCCC(C)NC(=O)c1sc2ccc(Cl)cc2c1N. The molecule has 0 spiro atoms. The molecule has 20 heavy (non-hydrogen) atoms. The van der Waals surface area contributed by atoms with Crippen molar-refractivity contribution in [3.05, 3.63) is 28.1 Å². The molecule has 2 aromatic rings. The lowest BCUT2D eigenvalue weighted by atomic mass is 10.2. The van der Waals surface area contributed by atoms with Crippen molar-refractivity contribution < 1.29 is 4.79 Å². The molecule has 0 aliphatic carbocycles. The lowest BCUT2D eigenvalue weighted by Crippen LogP contribution is -2.32. The number of nitrogens with one attached hydrogen (secondary N) is 1. The number of amides is 1. The smallest absolute Gasteiger partial charge is 0.263 e. The zero-order valence-electron chi connectivity index (χ0n) is 11.4. The highest BCUT2D eigenvalue weighted by Crippen LogP contribution is 2.35. The van der Waals surface area contributed by atoms with E-state index in [0.717, 1.165) is 22.3 Å². The van der Waals surface area contributed by atoms with Gasteiger partial charge in [-0.3, -0.25) is 4.79 Å². The van der Waals surface area contributed by atoms with Gasteiger partial charge in [0.25, 0.3) is 5.91 Å². The van der Waals surface area contributed by atoms with Crippen LogP contribution in [0.25, 0.3) is 10.1 Å². The van der Waals surface area contributed by atoms with E-state index in [1.165, 1.54) is 11.3 Å². The van der Waals surface area contributed by atoms with Crippen molar-refractivity contribution in [3.63, 3.8) is 0 Å². The van der Waals surface area contributed by atoms with Crippen LogP contribution in [0, 0.1) is 0 Å². The molecule has 0 aliphatic rings. The molecule has 1 aromatic carbocycles. The van der Waals surface area contributed by atoms with Crippen molar-refractivity contribution in [2.45, 2.75) is 19.4 Å². The van der Waals surface area contributed by atoms with E-state index in [1.807, 2.05) is 19.1 Å². The first-order chi connectivity index (χ1) is 9.52. The molecule has 3 nitrogen and oxygen atoms in total. The summed E-state index contributed by atoms with van der Waals surface area (Å²) in [5.41, 5.74) is 6.59. The summed E-state index contributed by atoms with van der Waals surface area (Å²) in [4.78, 5) is 12.8. The second-order valence-electron chi connectivity index (χ2n) is 4.64. The topological polar surface area (TPSA) is 55.1 Å². The maximum atomic E-state index is 12.3. The maximum absolute atomic E-state index is 12.3. The van der Waals surface area contributed by atoms with Crippen molar-refractivity contribution in [3.8, 4) is 0 Å². The summed E-state index contributed by atoms with van der Waals surface area (Å²) in [6, 6.07) is 5.65. The number of fused-ring (bicyclic) bond motifs is 1. The molecule has 0 saturated carbocycles. The summed E-state index contributed by atoms with van der Waals surface area (Å²) in [5.74, 6) is 0.923. The summed E-state index contributed by atoms with van der Waals surface area (Å²) >= 11 is 9.15. The minimum absolute atomic E-state index is 0.103. The van der Waals surface area contributed by atoms with Crippen LogP contribution in [-0.4, -0.2) is 24.0 Å². The van der Waals surface area contributed by atoms with Crippen molar-refractivity contribution in [1.82, 2.24) is 5.32 Å². The highest BCUT2D eigenvalue weighted by atomic mass is 35.5. The Hall–Kier alpha value is -0.910. The normalized spacial score (nSPS) is 12.6. The minimum Gasteiger partial charge on any atom is -0.397 e. The second-order valence-corrected chi connectivity index (χ2v) is 7.12. The van der Waals surface area contributed by atoms with Gasteiger partial charge in [0.05, 0.1) is 5.69 Å². The molecule has 1 aromatic heterocycles. The first kappa shape index (κ1) is 15.5. The van der Waals surface area contributed by atoms with Gasteiger partial charge in [0.15, 0.2) is 0 Å². The Labute approximate surface area is 131 Å². The summed E-state index contributed by atoms with van der Waals surface area (Å²) in [6.07, 6.45) is 3.01. The summed E-state index contributed by atoms with van der Waals surface area (Å²) < 4.78 is 0.980. The zero-order valence-corrected chi connectivity index (χ0v) is 13.8. The standard InChI is InChI=1S/C14H17ClN2OS2/c1-8(5-6-19-2)17-14(18)13-12(16)10-7-9(15)3-4-11(10)20-13/h3-4,7-8H,5-6,16H2,1-2H3,(H,17,18). The van der Waals surface area contributed by atoms with Crippen LogP contribution in [0.2, 0.25) is 5.02 Å². The van der Waals surface area contributed by atoms with Gasteiger partial charge in [-0.25, -0.2) is 0 Å². The van der Waals surface area contributed by atoms with E-state index in [1.54, 1.807) is 17.8 Å². The number of carbonyl (C=O) groups is 1. The molecule has 3 N–H and O–H groups in total. The van der Waals surface area contributed by atoms with Gasteiger partial charge >= 0.3 is 0 Å². The Bertz CT molecular complexity index is 627. The highest BCUT2D eigenvalue weighted by Gasteiger charge is 2.18. The molecule has 1 unspecified atom stereocenters.